The van der Waals surface area contributed by atoms with Gasteiger partial charge in [-0.1, -0.05) is 69.5 Å². The number of rotatable bonds is 8. The minimum absolute atomic E-state index is 0.0387. The summed E-state index contributed by atoms with van der Waals surface area (Å²) in [6, 6.07) is 31.9. The molecule has 0 aromatic heterocycles. The number of methoxy groups -OCH3 is 1. The van der Waals surface area contributed by atoms with Crippen LogP contribution in [0.1, 0.15) is 29.9 Å². The molecular weight excluding hydrogens is 827 g/mol. The van der Waals surface area contributed by atoms with Crippen LogP contribution >= 0.6 is 27.5 Å². The number of allylic oxidation sites excluding steroid dienone is 2. The number of ether oxygens (including phenoxy) is 1. The van der Waals surface area contributed by atoms with Gasteiger partial charge in [0.05, 0.1) is 41.7 Å². The molecule has 9 rings (SSSR count). The highest BCUT2D eigenvalue weighted by atomic mass is 79.9. The molecule has 4 aliphatic rings. The van der Waals surface area contributed by atoms with Gasteiger partial charge in [0.25, 0.3) is 11.8 Å². The fourth-order valence-corrected chi connectivity index (χ4v) is 10.2. The summed E-state index contributed by atoms with van der Waals surface area (Å²) < 4.78 is 20.1. The van der Waals surface area contributed by atoms with E-state index in [-0.39, 0.29) is 30.2 Å². The maximum absolute atomic E-state index is 15.4. The van der Waals surface area contributed by atoms with Crippen molar-refractivity contribution in [3.63, 3.8) is 0 Å². The van der Waals surface area contributed by atoms with Crippen LogP contribution in [0, 0.1) is 29.5 Å². The number of hydrazine groups is 1. The molecule has 3 N–H and O–H groups in total. The molecule has 4 amide bonds. The molecule has 2 saturated heterocycles. The van der Waals surface area contributed by atoms with Crippen molar-refractivity contribution in [2.45, 2.75) is 24.2 Å². The maximum Gasteiger partial charge on any atom is 0.260 e. The Labute approximate surface area is 346 Å². The van der Waals surface area contributed by atoms with Crippen LogP contribution < -0.4 is 20.4 Å². The summed E-state index contributed by atoms with van der Waals surface area (Å²) in [5.74, 6) is -6.93. The second-order valence-electron chi connectivity index (χ2n) is 15.0. The first-order valence-corrected chi connectivity index (χ1v) is 19.9. The molecule has 0 bridgehead atoms. The minimum Gasteiger partial charge on any atom is -0.504 e. The highest BCUT2D eigenvalue weighted by Gasteiger charge is 2.70. The van der Waals surface area contributed by atoms with Crippen LogP contribution in [-0.4, -0.2) is 40.9 Å². The summed E-state index contributed by atoms with van der Waals surface area (Å²) in [6.07, 6.45) is 2.14. The van der Waals surface area contributed by atoms with Gasteiger partial charge in [0.15, 0.2) is 11.5 Å². The van der Waals surface area contributed by atoms with Crippen LogP contribution in [0.4, 0.5) is 27.1 Å². The number of imide groups is 2. The number of nitrogens with one attached hydrogen (secondary N) is 2. The lowest BCUT2D eigenvalue weighted by Gasteiger charge is -2.50. The smallest absolute Gasteiger partial charge is 0.260 e. The summed E-state index contributed by atoms with van der Waals surface area (Å²) in [7, 11) is 1.41. The fraction of sp³-hybridized carbons (Fsp3) is 0.200. The number of nitrogens with zero attached hydrogens (tertiary/aromatic N) is 2. The van der Waals surface area contributed by atoms with Gasteiger partial charge < -0.3 is 15.2 Å². The van der Waals surface area contributed by atoms with Crippen molar-refractivity contribution in [2.75, 3.05) is 22.8 Å². The van der Waals surface area contributed by atoms with E-state index >= 15 is 4.79 Å². The molecule has 5 aromatic carbocycles. The molecule has 2 aliphatic carbocycles. The molecule has 0 spiro atoms. The van der Waals surface area contributed by atoms with Crippen molar-refractivity contribution in [3.05, 3.63) is 153 Å². The summed E-state index contributed by atoms with van der Waals surface area (Å²) in [4.78, 5) is 60.6. The van der Waals surface area contributed by atoms with Crippen LogP contribution in [0.15, 0.2) is 131 Å². The average molecular weight is 862 g/mol. The SMILES string of the molecule is COc1cc(Br)cc([C@H]2C3=CC[C@@H]4C(=O)N(c5ccc(Nc6ccccc6)cc5)C(=O)[C@@H]4[C@@H]3C[C@H]3C(=O)N(Nc4ccc(F)cc4)C(=O)[C@@]23c2ccc(Cl)cc2)c1O. The first-order valence-electron chi connectivity index (χ1n) is 18.7. The zero-order valence-electron chi connectivity index (χ0n) is 30.9. The highest BCUT2D eigenvalue weighted by Crippen LogP contribution is 2.65. The van der Waals surface area contributed by atoms with Gasteiger partial charge in [0.1, 0.15) is 5.82 Å². The molecule has 2 heterocycles. The molecule has 0 unspecified atom stereocenters. The lowest BCUT2D eigenvalue weighted by Crippen LogP contribution is -2.53. The van der Waals surface area contributed by atoms with Gasteiger partial charge in [0, 0.05) is 32.4 Å². The van der Waals surface area contributed by atoms with Crippen molar-refractivity contribution >= 4 is 73.9 Å². The number of halogens is 3. The van der Waals surface area contributed by atoms with Gasteiger partial charge in [-0.25, -0.2) is 4.39 Å². The predicted octanol–water partition coefficient (Wildman–Crippen LogP) is 8.89. The van der Waals surface area contributed by atoms with Crippen LogP contribution in [0.25, 0.3) is 0 Å². The molecule has 10 nitrogen and oxygen atoms in total. The molecule has 5 aromatic rings. The van der Waals surface area contributed by atoms with E-state index < -0.39 is 58.5 Å². The topological polar surface area (TPSA) is 128 Å². The number of hydrogen-bond acceptors (Lipinski definition) is 8. The third-order valence-corrected chi connectivity index (χ3v) is 12.8. The van der Waals surface area contributed by atoms with Crippen molar-refractivity contribution in [1.82, 2.24) is 5.01 Å². The number of amides is 4. The molecule has 6 atom stereocenters. The molecule has 292 valence electrons. The quantitative estimate of drug-likeness (QED) is 0.104. The number of aromatic hydroxyl groups is 1. The maximum atomic E-state index is 15.4. The first-order chi connectivity index (χ1) is 28.0. The van der Waals surface area contributed by atoms with Gasteiger partial charge in [-0.05, 0) is 109 Å². The zero-order valence-corrected chi connectivity index (χ0v) is 33.2. The summed E-state index contributed by atoms with van der Waals surface area (Å²) in [5, 5.41) is 16.6. The number of phenols is 1. The normalized spacial score (nSPS) is 24.9. The van der Waals surface area contributed by atoms with Crippen LogP contribution in [-0.2, 0) is 24.6 Å². The highest BCUT2D eigenvalue weighted by molar-refractivity contribution is 9.10. The Kier molecular flexibility index (Phi) is 9.36. The van der Waals surface area contributed by atoms with Crippen LogP contribution in [0.2, 0.25) is 5.02 Å². The van der Waals surface area contributed by atoms with Gasteiger partial charge in [0.2, 0.25) is 11.8 Å². The number of benzene rings is 5. The number of hydrogen-bond donors (Lipinski definition) is 3. The van der Waals surface area contributed by atoms with E-state index in [4.69, 9.17) is 16.3 Å². The second kappa shape index (κ2) is 14.4. The van der Waals surface area contributed by atoms with Crippen molar-refractivity contribution in [2.24, 2.45) is 23.7 Å². The molecule has 1 saturated carbocycles. The Balaban J connectivity index is 1.18. The second-order valence-corrected chi connectivity index (χ2v) is 16.3. The summed E-state index contributed by atoms with van der Waals surface area (Å²) >= 11 is 9.96. The fourth-order valence-electron chi connectivity index (χ4n) is 9.61. The van der Waals surface area contributed by atoms with Crippen LogP contribution in [0.5, 0.6) is 11.5 Å². The Hall–Kier alpha value is -5.98. The van der Waals surface area contributed by atoms with Crippen molar-refractivity contribution in [3.8, 4) is 11.5 Å². The molecule has 58 heavy (non-hydrogen) atoms. The summed E-state index contributed by atoms with van der Waals surface area (Å²) in [6.45, 7) is 0. The van der Waals surface area contributed by atoms with E-state index in [0.29, 0.717) is 37.6 Å². The third-order valence-electron chi connectivity index (χ3n) is 12.0. The van der Waals surface area contributed by atoms with Crippen LogP contribution in [0.3, 0.4) is 0 Å². The van der Waals surface area contributed by atoms with E-state index in [1.165, 1.54) is 36.3 Å². The Bertz CT molecular complexity index is 2520. The van der Waals surface area contributed by atoms with Gasteiger partial charge in [-0.2, -0.15) is 5.01 Å². The number of fused-ring (bicyclic) bond motifs is 4. The lowest BCUT2D eigenvalue weighted by atomic mass is 9.49. The summed E-state index contributed by atoms with van der Waals surface area (Å²) in [5.41, 5.74) is 5.04. The molecule has 13 heteroatoms. The van der Waals surface area contributed by atoms with E-state index in [9.17, 15) is 23.9 Å². The molecule has 0 radical (unpaired) electrons. The molecule has 2 aliphatic heterocycles. The van der Waals surface area contributed by atoms with Gasteiger partial charge >= 0.3 is 0 Å². The molecular formula is C45H35BrClFN4O6. The average Bonchev–Trinajstić information content (AvgIpc) is 3.61. The zero-order chi connectivity index (χ0) is 40.5. The third kappa shape index (κ3) is 5.88. The van der Waals surface area contributed by atoms with E-state index in [2.05, 4.69) is 26.7 Å². The predicted molar refractivity (Wildman–Crippen MR) is 220 cm³/mol. The van der Waals surface area contributed by atoms with Gasteiger partial charge in [-0.15, -0.1) is 0 Å². The minimum atomic E-state index is -1.68. The van der Waals surface area contributed by atoms with E-state index in [1.54, 1.807) is 60.7 Å². The van der Waals surface area contributed by atoms with E-state index in [0.717, 1.165) is 16.4 Å². The first kappa shape index (κ1) is 37.6. The van der Waals surface area contributed by atoms with E-state index in [1.807, 2.05) is 36.4 Å². The number of phenolic OH excluding ortho intramolecular Hbond substituents is 1. The van der Waals surface area contributed by atoms with Crippen molar-refractivity contribution in [1.29, 1.82) is 0 Å². The number of carbonyl (C=O) groups excluding carboxylic acids is 4. The number of anilines is 4. The number of para-hydroxylation sites is 1. The monoisotopic (exact) mass is 860 g/mol. The Morgan fingerprint density at radius 1 is 0.828 bits per heavy atom. The van der Waals surface area contributed by atoms with Gasteiger partial charge in [-0.3, -0.25) is 29.5 Å². The number of carbonyl (C=O) groups is 4. The standard InChI is InChI=1S/C45H35BrClFN4O6/c1-58-37-22-25(46)21-35(40(37)53)39-32-19-20-33-38(43(56)51(41(33)54)31-17-15-29(16-18-31)49-28-5-3-2-4-6-28)34(32)23-36-42(55)52(50-30-13-11-27(48)12-14-30)44(57)45(36,39)24-7-9-26(47)10-8-24/h2-19,21-22,33-34,36,38-39,49-50,53H,20,23H2,1H3/t33-,34+,36-,38-,39+,45+/m0/s1. The van der Waals surface area contributed by atoms with Crippen molar-refractivity contribution < 1.29 is 33.4 Å². The Morgan fingerprint density at radius 2 is 1.50 bits per heavy atom. The Morgan fingerprint density at radius 3 is 2.19 bits per heavy atom. The lowest BCUT2D eigenvalue weighted by molar-refractivity contribution is -0.138. The largest absolute Gasteiger partial charge is 0.504 e. The molecule has 3 fully saturated rings.